The van der Waals surface area contributed by atoms with Crippen LogP contribution in [0.4, 0.5) is 0 Å². The van der Waals surface area contributed by atoms with Crippen molar-refractivity contribution in [1.82, 2.24) is 0 Å². The third-order valence-corrected chi connectivity index (χ3v) is 2.21. The van der Waals surface area contributed by atoms with E-state index in [-0.39, 0.29) is 5.41 Å². The van der Waals surface area contributed by atoms with Crippen molar-refractivity contribution in [3.05, 3.63) is 34.9 Å². The molecule has 0 fully saturated rings. The summed E-state index contributed by atoms with van der Waals surface area (Å²) in [7, 11) is 0. The molecule has 2 nitrogen and oxygen atoms in total. The van der Waals surface area contributed by atoms with Crippen LogP contribution >= 0.6 is 0 Å². The van der Waals surface area contributed by atoms with Crippen molar-refractivity contribution in [2.45, 2.75) is 33.1 Å². The Labute approximate surface area is 84.6 Å². The maximum atomic E-state index is 11.0. The zero-order valence-corrected chi connectivity index (χ0v) is 9.09. The van der Waals surface area contributed by atoms with Crippen LogP contribution in [-0.4, -0.2) is 11.1 Å². The topological polar surface area (TPSA) is 37.3 Å². The predicted molar refractivity (Wildman–Crippen MR) is 56.8 cm³/mol. The standard InChI is InChI=1S/C12H16O2/c1-8-5-6-9(11(13)14)10(7-8)12(2,3)4/h5-7H,1-4H3,(H,13,14). The Kier molecular flexibility index (Phi) is 2.65. The molecule has 14 heavy (non-hydrogen) atoms. The fourth-order valence-electron chi connectivity index (χ4n) is 1.47. The van der Waals surface area contributed by atoms with E-state index in [0.717, 1.165) is 11.1 Å². The zero-order valence-electron chi connectivity index (χ0n) is 9.09. The van der Waals surface area contributed by atoms with Crippen LogP contribution in [0.3, 0.4) is 0 Å². The largest absolute Gasteiger partial charge is 0.478 e. The summed E-state index contributed by atoms with van der Waals surface area (Å²) in [6.45, 7) is 8.04. The second-order valence-corrected chi connectivity index (χ2v) is 4.60. The number of hydrogen-bond donors (Lipinski definition) is 1. The van der Waals surface area contributed by atoms with Crippen LogP contribution in [0.5, 0.6) is 0 Å². The van der Waals surface area contributed by atoms with E-state index >= 15 is 0 Å². The number of rotatable bonds is 1. The Bertz CT molecular complexity index is 359. The Morgan fingerprint density at radius 1 is 1.29 bits per heavy atom. The lowest BCUT2D eigenvalue weighted by atomic mass is 9.83. The molecule has 2 heteroatoms. The van der Waals surface area contributed by atoms with Crippen LogP contribution in [0.25, 0.3) is 0 Å². The molecule has 0 aliphatic rings. The highest BCUT2D eigenvalue weighted by Crippen LogP contribution is 2.26. The summed E-state index contributed by atoms with van der Waals surface area (Å²) in [6, 6.07) is 5.46. The molecule has 0 bridgehead atoms. The summed E-state index contributed by atoms with van der Waals surface area (Å²) in [5.74, 6) is -0.852. The van der Waals surface area contributed by atoms with Gasteiger partial charge < -0.3 is 5.11 Å². The van der Waals surface area contributed by atoms with Gasteiger partial charge in [0.25, 0.3) is 0 Å². The van der Waals surface area contributed by atoms with Gasteiger partial charge in [0.2, 0.25) is 0 Å². The Morgan fingerprint density at radius 3 is 2.29 bits per heavy atom. The van der Waals surface area contributed by atoms with Crippen LogP contribution < -0.4 is 0 Å². The summed E-state index contributed by atoms with van der Waals surface area (Å²) in [5.41, 5.74) is 2.27. The van der Waals surface area contributed by atoms with E-state index in [4.69, 9.17) is 5.11 Å². The van der Waals surface area contributed by atoms with Crippen molar-refractivity contribution in [2.75, 3.05) is 0 Å². The third-order valence-electron chi connectivity index (χ3n) is 2.21. The quantitative estimate of drug-likeness (QED) is 0.742. The molecule has 0 amide bonds. The van der Waals surface area contributed by atoms with E-state index in [2.05, 4.69) is 0 Å². The van der Waals surface area contributed by atoms with Crippen molar-refractivity contribution >= 4 is 5.97 Å². The number of carboxylic acids is 1. The fourth-order valence-corrected chi connectivity index (χ4v) is 1.47. The zero-order chi connectivity index (χ0) is 10.9. The molecule has 0 saturated heterocycles. The van der Waals surface area contributed by atoms with Gasteiger partial charge in [-0.05, 0) is 24.0 Å². The number of benzene rings is 1. The van der Waals surface area contributed by atoms with E-state index in [1.807, 2.05) is 39.8 Å². The average molecular weight is 192 g/mol. The van der Waals surface area contributed by atoms with E-state index in [0.29, 0.717) is 5.56 Å². The van der Waals surface area contributed by atoms with Gasteiger partial charge in [0.1, 0.15) is 0 Å². The number of aromatic carboxylic acids is 1. The minimum absolute atomic E-state index is 0.125. The monoisotopic (exact) mass is 192 g/mol. The van der Waals surface area contributed by atoms with Gasteiger partial charge in [0.15, 0.2) is 0 Å². The average Bonchev–Trinajstić information content (AvgIpc) is 2.01. The lowest BCUT2D eigenvalue weighted by molar-refractivity contribution is 0.0694. The van der Waals surface area contributed by atoms with Gasteiger partial charge in [-0.25, -0.2) is 4.79 Å². The normalized spacial score (nSPS) is 11.4. The Morgan fingerprint density at radius 2 is 1.86 bits per heavy atom. The first-order valence-electron chi connectivity index (χ1n) is 4.67. The van der Waals surface area contributed by atoms with E-state index < -0.39 is 5.97 Å². The SMILES string of the molecule is Cc1ccc(C(=O)O)c(C(C)(C)C)c1. The van der Waals surface area contributed by atoms with E-state index in [9.17, 15) is 4.79 Å². The highest BCUT2D eigenvalue weighted by molar-refractivity contribution is 5.89. The second-order valence-electron chi connectivity index (χ2n) is 4.60. The smallest absolute Gasteiger partial charge is 0.335 e. The highest BCUT2D eigenvalue weighted by atomic mass is 16.4. The Balaban J connectivity index is 3.38. The first kappa shape index (κ1) is 10.8. The van der Waals surface area contributed by atoms with Crippen molar-refractivity contribution in [1.29, 1.82) is 0 Å². The molecule has 0 unspecified atom stereocenters. The number of hydrogen-bond acceptors (Lipinski definition) is 1. The molecule has 1 rings (SSSR count). The molecule has 1 N–H and O–H groups in total. The molecular weight excluding hydrogens is 176 g/mol. The minimum atomic E-state index is -0.852. The van der Waals surface area contributed by atoms with Crippen LogP contribution in [0.2, 0.25) is 0 Å². The molecule has 0 spiro atoms. The molecular formula is C12H16O2. The molecule has 0 radical (unpaired) electrons. The summed E-state index contributed by atoms with van der Waals surface area (Å²) in [4.78, 5) is 11.0. The molecule has 1 aromatic rings. The molecule has 0 saturated carbocycles. The first-order valence-corrected chi connectivity index (χ1v) is 4.67. The highest BCUT2D eigenvalue weighted by Gasteiger charge is 2.21. The molecule has 0 atom stereocenters. The lowest BCUT2D eigenvalue weighted by Crippen LogP contribution is -2.17. The molecule has 1 aromatic carbocycles. The number of carboxylic acid groups (broad SMARTS) is 1. The third kappa shape index (κ3) is 2.13. The van der Waals surface area contributed by atoms with Crippen LogP contribution in [0.15, 0.2) is 18.2 Å². The predicted octanol–water partition coefficient (Wildman–Crippen LogP) is 2.99. The molecule has 0 heterocycles. The molecule has 76 valence electrons. The maximum absolute atomic E-state index is 11.0. The second kappa shape index (κ2) is 3.45. The fraction of sp³-hybridized carbons (Fsp3) is 0.417. The van der Waals surface area contributed by atoms with Gasteiger partial charge in [-0.3, -0.25) is 0 Å². The first-order chi connectivity index (χ1) is 6.32. The summed E-state index contributed by atoms with van der Waals surface area (Å²) < 4.78 is 0. The van der Waals surface area contributed by atoms with Crippen molar-refractivity contribution in [3.8, 4) is 0 Å². The van der Waals surface area contributed by atoms with Crippen LogP contribution in [0, 0.1) is 6.92 Å². The van der Waals surface area contributed by atoms with Gasteiger partial charge in [-0.1, -0.05) is 38.5 Å². The lowest BCUT2D eigenvalue weighted by Gasteiger charge is -2.21. The van der Waals surface area contributed by atoms with E-state index in [1.165, 1.54) is 0 Å². The van der Waals surface area contributed by atoms with Crippen LogP contribution in [-0.2, 0) is 5.41 Å². The van der Waals surface area contributed by atoms with Crippen molar-refractivity contribution in [3.63, 3.8) is 0 Å². The maximum Gasteiger partial charge on any atom is 0.335 e. The van der Waals surface area contributed by atoms with Gasteiger partial charge >= 0.3 is 5.97 Å². The summed E-state index contributed by atoms with van der Waals surface area (Å²) >= 11 is 0. The van der Waals surface area contributed by atoms with Crippen LogP contribution in [0.1, 0.15) is 42.3 Å². The summed E-state index contributed by atoms with van der Waals surface area (Å²) in [5, 5.41) is 9.02. The van der Waals surface area contributed by atoms with Crippen molar-refractivity contribution < 1.29 is 9.90 Å². The van der Waals surface area contributed by atoms with Crippen molar-refractivity contribution in [2.24, 2.45) is 0 Å². The van der Waals surface area contributed by atoms with Gasteiger partial charge in [0, 0.05) is 0 Å². The minimum Gasteiger partial charge on any atom is -0.478 e. The molecule has 0 aliphatic heterocycles. The Hall–Kier alpha value is -1.31. The number of carbonyl (C=O) groups is 1. The molecule has 0 aliphatic carbocycles. The number of aryl methyl sites for hydroxylation is 1. The van der Waals surface area contributed by atoms with Gasteiger partial charge in [0.05, 0.1) is 5.56 Å². The molecule has 0 aromatic heterocycles. The summed E-state index contributed by atoms with van der Waals surface area (Å²) in [6.07, 6.45) is 0. The van der Waals surface area contributed by atoms with Gasteiger partial charge in [-0.2, -0.15) is 0 Å². The van der Waals surface area contributed by atoms with E-state index in [1.54, 1.807) is 6.07 Å². The van der Waals surface area contributed by atoms with Gasteiger partial charge in [-0.15, -0.1) is 0 Å².